The Morgan fingerprint density at radius 1 is 1.21 bits per heavy atom. The van der Waals surface area contributed by atoms with Crippen LogP contribution in [0.5, 0.6) is 5.88 Å². The van der Waals surface area contributed by atoms with Crippen molar-refractivity contribution in [1.29, 1.82) is 0 Å². The highest BCUT2D eigenvalue weighted by Gasteiger charge is 2.31. The predicted molar refractivity (Wildman–Crippen MR) is 113 cm³/mol. The second-order valence-corrected chi connectivity index (χ2v) is 8.61. The Kier molecular flexibility index (Phi) is 6.07. The molecule has 0 saturated heterocycles. The van der Waals surface area contributed by atoms with Crippen molar-refractivity contribution in [3.63, 3.8) is 0 Å². The number of halogens is 1. The molecule has 2 N–H and O–H groups in total. The summed E-state index contributed by atoms with van der Waals surface area (Å²) >= 11 is 6.04. The smallest absolute Gasteiger partial charge is 0.253 e. The topological polar surface area (TPSA) is 71.5 Å². The van der Waals surface area contributed by atoms with Gasteiger partial charge in [0, 0.05) is 16.8 Å². The van der Waals surface area contributed by atoms with Gasteiger partial charge in [-0.25, -0.2) is 4.98 Å². The van der Waals surface area contributed by atoms with E-state index in [9.17, 15) is 9.90 Å². The van der Waals surface area contributed by atoms with Crippen LogP contribution in [-0.4, -0.2) is 34.2 Å². The zero-order valence-electron chi connectivity index (χ0n) is 16.6. The summed E-state index contributed by atoms with van der Waals surface area (Å²) in [6.45, 7) is 2.07. The molecule has 4 rings (SSSR count). The maximum Gasteiger partial charge on any atom is 0.253 e. The van der Waals surface area contributed by atoms with Gasteiger partial charge >= 0.3 is 0 Å². The number of nitrogens with one attached hydrogen (secondary N) is 1. The Morgan fingerprint density at radius 2 is 1.93 bits per heavy atom. The summed E-state index contributed by atoms with van der Waals surface area (Å²) in [5.74, 6) is 0.882. The van der Waals surface area contributed by atoms with Crippen LogP contribution in [0.2, 0.25) is 5.02 Å². The highest BCUT2D eigenvalue weighted by atomic mass is 35.5. The van der Waals surface area contributed by atoms with Crippen LogP contribution in [0.3, 0.4) is 0 Å². The fourth-order valence-electron chi connectivity index (χ4n) is 3.88. The number of aromatic nitrogens is 1. The van der Waals surface area contributed by atoms with Crippen LogP contribution >= 0.6 is 11.6 Å². The van der Waals surface area contributed by atoms with Crippen molar-refractivity contribution in [1.82, 2.24) is 10.3 Å². The number of aliphatic hydroxyl groups is 1. The SMILES string of the molecule is CC(Oc1ncc(C(=O)N[C@@H]2CCCC[C@H]2O)cc1-c1ccc(Cl)cc1)C1CC1. The van der Waals surface area contributed by atoms with Crippen LogP contribution in [0.15, 0.2) is 36.5 Å². The number of rotatable bonds is 6. The van der Waals surface area contributed by atoms with E-state index in [1.165, 1.54) is 12.8 Å². The molecule has 0 bridgehead atoms. The molecule has 2 aliphatic carbocycles. The summed E-state index contributed by atoms with van der Waals surface area (Å²) in [6.07, 6.45) is 7.06. The van der Waals surface area contributed by atoms with E-state index in [0.717, 1.165) is 36.8 Å². The molecule has 6 heteroatoms. The van der Waals surface area contributed by atoms with E-state index in [2.05, 4.69) is 17.2 Å². The largest absolute Gasteiger partial charge is 0.474 e. The number of hydrogen-bond acceptors (Lipinski definition) is 4. The van der Waals surface area contributed by atoms with Crippen LogP contribution < -0.4 is 10.1 Å². The molecular formula is C23H27ClN2O3. The number of pyridine rings is 1. The second kappa shape index (κ2) is 8.72. The van der Waals surface area contributed by atoms with Crippen molar-refractivity contribution < 1.29 is 14.6 Å². The lowest BCUT2D eigenvalue weighted by molar-refractivity contribution is 0.0717. The third kappa shape index (κ3) is 4.90. The lowest BCUT2D eigenvalue weighted by Gasteiger charge is -2.28. The van der Waals surface area contributed by atoms with Crippen molar-refractivity contribution in [3.8, 4) is 17.0 Å². The highest BCUT2D eigenvalue weighted by molar-refractivity contribution is 6.30. The van der Waals surface area contributed by atoms with Crippen LogP contribution in [0.1, 0.15) is 55.8 Å². The molecule has 29 heavy (non-hydrogen) atoms. The Balaban J connectivity index is 1.60. The molecule has 1 unspecified atom stereocenters. The minimum absolute atomic E-state index is 0.0885. The van der Waals surface area contributed by atoms with Gasteiger partial charge in [0.05, 0.1) is 17.7 Å². The molecule has 1 heterocycles. The number of carbonyl (C=O) groups is 1. The number of hydrogen-bond donors (Lipinski definition) is 2. The van der Waals surface area contributed by atoms with E-state index >= 15 is 0 Å². The normalized spacial score (nSPS) is 22.7. The van der Waals surface area contributed by atoms with Gasteiger partial charge in [-0.3, -0.25) is 4.79 Å². The molecule has 0 radical (unpaired) electrons. The van der Waals surface area contributed by atoms with Gasteiger partial charge in [-0.05, 0) is 62.3 Å². The standard InChI is InChI=1S/C23H27ClN2O3/c1-14(15-6-7-15)29-23-19(16-8-10-18(24)11-9-16)12-17(13-25-23)22(28)26-20-4-2-3-5-21(20)27/h8-15,20-21,27H,2-7H2,1H3,(H,26,28)/t14?,20-,21-/m1/s1. The number of nitrogens with zero attached hydrogens (tertiary/aromatic N) is 1. The van der Waals surface area contributed by atoms with Gasteiger partial charge in [0.1, 0.15) is 6.10 Å². The molecule has 1 aromatic heterocycles. The van der Waals surface area contributed by atoms with E-state index in [0.29, 0.717) is 22.4 Å². The van der Waals surface area contributed by atoms with E-state index < -0.39 is 6.10 Å². The number of carbonyl (C=O) groups excluding carboxylic acids is 1. The van der Waals surface area contributed by atoms with Gasteiger partial charge in [0.15, 0.2) is 0 Å². The quantitative estimate of drug-likeness (QED) is 0.723. The zero-order chi connectivity index (χ0) is 20.4. The molecule has 2 saturated carbocycles. The van der Waals surface area contributed by atoms with E-state index in [4.69, 9.17) is 16.3 Å². The van der Waals surface area contributed by atoms with Gasteiger partial charge in [0.25, 0.3) is 5.91 Å². The highest BCUT2D eigenvalue weighted by Crippen LogP contribution is 2.37. The minimum Gasteiger partial charge on any atom is -0.474 e. The molecule has 1 amide bonds. The zero-order valence-corrected chi connectivity index (χ0v) is 17.4. The van der Waals surface area contributed by atoms with E-state index in [1.54, 1.807) is 6.20 Å². The third-order valence-electron chi connectivity index (χ3n) is 5.90. The summed E-state index contributed by atoms with van der Waals surface area (Å²) in [6, 6.07) is 9.05. The first kappa shape index (κ1) is 20.2. The summed E-state index contributed by atoms with van der Waals surface area (Å²) < 4.78 is 6.14. The second-order valence-electron chi connectivity index (χ2n) is 8.18. The van der Waals surface area contributed by atoms with Crippen molar-refractivity contribution in [2.75, 3.05) is 0 Å². The van der Waals surface area contributed by atoms with E-state index in [-0.39, 0.29) is 18.1 Å². The summed E-state index contributed by atoms with van der Waals surface area (Å²) in [7, 11) is 0. The van der Waals surface area contributed by atoms with E-state index in [1.807, 2.05) is 30.3 Å². The summed E-state index contributed by atoms with van der Waals surface area (Å²) in [5.41, 5.74) is 2.12. The van der Waals surface area contributed by atoms with Gasteiger partial charge in [0.2, 0.25) is 5.88 Å². The van der Waals surface area contributed by atoms with Gasteiger partial charge in [-0.2, -0.15) is 0 Å². The molecular weight excluding hydrogens is 388 g/mol. The van der Waals surface area contributed by atoms with Crippen molar-refractivity contribution in [2.24, 2.45) is 5.92 Å². The third-order valence-corrected chi connectivity index (χ3v) is 6.15. The van der Waals surface area contributed by atoms with Crippen LogP contribution in [-0.2, 0) is 0 Å². The number of ether oxygens (including phenoxy) is 1. The first-order chi connectivity index (χ1) is 14.0. The average molecular weight is 415 g/mol. The van der Waals surface area contributed by atoms with Gasteiger partial charge in [-0.1, -0.05) is 36.6 Å². The Hall–Kier alpha value is -2.11. The monoisotopic (exact) mass is 414 g/mol. The van der Waals surface area contributed by atoms with Crippen LogP contribution in [0.4, 0.5) is 0 Å². The van der Waals surface area contributed by atoms with Crippen LogP contribution in [0, 0.1) is 5.92 Å². The maximum absolute atomic E-state index is 12.8. The molecule has 154 valence electrons. The number of aliphatic hydroxyl groups excluding tert-OH is 1. The lowest BCUT2D eigenvalue weighted by atomic mass is 9.92. The minimum atomic E-state index is -0.488. The average Bonchev–Trinajstić information content (AvgIpc) is 3.56. The van der Waals surface area contributed by atoms with Crippen LogP contribution in [0.25, 0.3) is 11.1 Å². The van der Waals surface area contributed by atoms with Gasteiger partial charge in [-0.15, -0.1) is 0 Å². The maximum atomic E-state index is 12.8. The Bertz CT molecular complexity index is 867. The predicted octanol–water partition coefficient (Wildman–Crippen LogP) is 4.61. The van der Waals surface area contributed by atoms with Gasteiger partial charge < -0.3 is 15.2 Å². The molecule has 2 fully saturated rings. The lowest BCUT2D eigenvalue weighted by Crippen LogP contribution is -2.45. The first-order valence-corrected chi connectivity index (χ1v) is 10.8. The molecule has 0 aliphatic heterocycles. The number of benzene rings is 1. The molecule has 5 nitrogen and oxygen atoms in total. The fourth-order valence-corrected chi connectivity index (χ4v) is 4.00. The summed E-state index contributed by atoms with van der Waals surface area (Å²) in [5, 5.41) is 13.8. The fraction of sp³-hybridized carbons (Fsp3) is 0.478. The molecule has 1 aromatic carbocycles. The van der Waals surface area contributed by atoms with Crippen molar-refractivity contribution >= 4 is 17.5 Å². The number of amides is 1. The molecule has 2 aliphatic rings. The molecule has 2 aromatic rings. The molecule has 3 atom stereocenters. The molecule has 0 spiro atoms. The summed E-state index contributed by atoms with van der Waals surface area (Å²) in [4.78, 5) is 17.3. The van der Waals surface area contributed by atoms with Crippen molar-refractivity contribution in [3.05, 3.63) is 47.1 Å². The van der Waals surface area contributed by atoms with Crippen molar-refractivity contribution in [2.45, 2.75) is 63.7 Å². The first-order valence-electron chi connectivity index (χ1n) is 10.4. The Morgan fingerprint density at radius 3 is 2.62 bits per heavy atom. The Labute approximate surface area is 176 Å².